The highest BCUT2D eigenvalue weighted by Crippen LogP contribution is 2.26. The van der Waals surface area contributed by atoms with Crippen LogP contribution in [0, 0.1) is 10.1 Å². The molecule has 0 aliphatic carbocycles. The average Bonchev–Trinajstić information content (AvgIpc) is 2.95. The van der Waals surface area contributed by atoms with Crippen molar-refractivity contribution in [1.29, 1.82) is 0 Å². The molecule has 2 atom stereocenters. The molecular formula is C28H31ClN4O6S. The predicted molar refractivity (Wildman–Crippen MR) is 153 cm³/mol. The molecule has 3 rings (SSSR count). The first-order valence-corrected chi connectivity index (χ1v) is 14.4. The Morgan fingerprint density at radius 2 is 1.57 bits per heavy atom. The maximum Gasteiger partial charge on any atom is 0.269 e. The minimum Gasteiger partial charge on any atom is -0.352 e. The summed E-state index contributed by atoms with van der Waals surface area (Å²) < 4.78 is 28.3. The zero-order chi connectivity index (χ0) is 29.4. The summed E-state index contributed by atoms with van der Waals surface area (Å²) in [7, 11) is -4.27. The molecule has 12 heteroatoms. The predicted octanol–water partition coefficient (Wildman–Crippen LogP) is 4.78. The number of hydrogen-bond acceptors (Lipinski definition) is 6. The second-order valence-electron chi connectivity index (χ2n) is 9.24. The molecule has 2 amide bonds. The summed E-state index contributed by atoms with van der Waals surface area (Å²) >= 11 is 6.01. The van der Waals surface area contributed by atoms with E-state index in [0.717, 1.165) is 4.31 Å². The normalized spacial score (nSPS) is 12.7. The van der Waals surface area contributed by atoms with Crippen molar-refractivity contribution in [2.75, 3.05) is 10.8 Å². The van der Waals surface area contributed by atoms with Crippen molar-refractivity contribution >= 4 is 44.8 Å². The van der Waals surface area contributed by atoms with Crippen molar-refractivity contribution in [2.45, 2.75) is 50.7 Å². The van der Waals surface area contributed by atoms with Crippen molar-refractivity contribution in [3.05, 3.63) is 99.6 Å². The molecule has 0 bridgehead atoms. The number of nitro benzene ring substituents is 1. The molecule has 3 aromatic rings. The van der Waals surface area contributed by atoms with Gasteiger partial charge in [0.2, 0.25) is 11.8 Å². The van der Waals surface area contributed by atoms with Crippen molar-refractivity contribution in [3.63, 3.8) is 0 Å². The number of carbonyl (C=O) groups excluding carboxylic acids is 2. The molecule has 10 nitrogen and oxygen atoms in total. The van der Waals surface area contributed by atoms with Crippen molar-refractivity contribution < 1.29 is 22.9 Å². The van der Waals surface area contributed by atoms with Gasteiger partial charge in [-0.15, -0.1) is 0 Å². The summed E-state index contributed by atoms with van der Waals surface area (Å²) in [5.74, 6) is -1.02. The smallest absolute Gasteiger partial charge is 0.269 e. The molecule has 0 saturated carbocycles. The number of carbonyl (C=O) groups is 2. The number of rotatable bonds is 12. The quantitative estimate of drug-likeness (QED) is 0.240. The minimum absolute atomic E-state index is 0.0184. The number of amides is 2. The summed E-state index contributed by atoms with van der Waals surface area (Å²) in [5, 5.41) is 14.5. The third-order valence-electron chi connectivity index (χ3n) is 6.39. The number of nitrogens with zero attached hydrogens (tertiary/aromatic N) is 3. The summed E-state index contributed by atoms with van der Waals surface area (Å²) in [6.07, 6.45) is 0.687. The van der Waals surface area contributed by atoms with Gasteiger partial charge >= 0.3 is 0 Å². The van der Waals surface area contributed by atoms with Gasteiger partial charge in [0.1, 0.15) is 12.6 Å². The first-order chi connectivity index (χ1) is 18.9. The molecule has 0 aliphatic heterocycles. The standard InChI is InChI=1S/C28H31ClN4O6S/c1-4-20(2)30-28(35)21(3)31(18-22-10-12-23(29)13-11-22)27(34)19-32(24-14-16-25(17-15-24)33(36)37)40(38,39)26-8-6-5-7-9-26/h5-17,20-21H,4,18-19H2,1-3H3,(H,30,35)/t20-,21-/m0/s1. The van der Waals surface area contributed by atoms with Crippen LogP contribution in [-0.2, 0) is 26.2 Å². The van der Waals surface area contributed by atoms with Crippen LogP contribution in [0.2, 0.25) is 5.02 Å². The number of hydrogen-bond donors (Lipinski definition) is 1. The first-order valence-electron chi connectivity index (χ1n) is 12.6. The van der Waals surface area contributed by atoms with Gasteiger partial charge in [0.05, 0.1) is 15.5 Å². The van der Waals surface area contributed by atoms with Gasteiger partial charge in [-0.25, -0.2) is 8.42 Å². The molecule has 0 aromatic heterocycles. The van der Waals surface area contributed by atoms with E-state index in [1.165, 1.54) is 41.3 Å². The second-order valence-corrected chi connectivity index (χ2v) is 11.5. The molecule has 0 spiro atoms. The number of non-ortho nitro benzene ring substituents is 1. The minimum atomic E-state index is -4.27. The fraction of sp³-hybridized carbons (Fsp3) is 0.286. The second kappa shape index (κ2) is 13.4. The molecule has 40 heavy (non-hydrogen) atoms. The van der Waals surface area contributed by atoms with Gasteiger partial charge < -0.3 is 10.2 Å². The molecule has 0 fully saturated rings. The Bertz CT molecular complexity index is 1430. The summed E-state index contributed by atoms with van der Waals surface area (Å²) in [6, 6.07) is 18.1. The zero-order valence-electron chi connectivity index (χ0n) is 22.4. The number of anilines is 1. The van der Waals surface area contributed by atoms with Crippen LogP contribution in [-0.4, -0.2) is 48.7 Å². The molecule has 0 radical (unpaired) electrons. The van der Waals surface area contributed by atoms with Gasteiger partial charge in [-0.3, -0.25) is 24.0 Å². The zero-order valence-corrected chi connectivity index (χ0v) is 23.9. The van der Waals surface area contributed by atoms with Gasteiger partial charge in [-0.2, -0.15) is 0 Å². The van der Waals surface area contributed by atoms with Gasteiger partial charge in [-0.1, -0.05) is 48.9 Å². The monoisotopic (exact) mass is 586 g/mol. The maximum atomic E-state index is 13.9. The van der Waals surface area contributed by atoms with Gasteiger partial charge in [0, 0.05) is 29.7 Å². The topological polar surface area (TPSA) is 130 Å². The van der Waals surface area contributed by atoms with E-state index in [1.807, 2.05) is 13.8 Å². The highest BCUT2D eigenvalue weighted by Gasteiger charge is 2.33. The molecule has 0 saturated heterocycles. The highest BCUT2D eigenvalue weighted by atomic mass is 35.5. The molecule has 0 aliphatic rings. The Morgan fingerprint density at radius 3 is 2.12 bits per heavy atom. The lowest BCUT2D eigenvalue weighted by molar-refractivity contribution is -0.384. The summed E-state index contributed by atoms with van der Waals surface area (Å²) in [6.45, 7) is 4.71. The Morgan fingerprint density at radius 1 is 0.975 bits per heavy atom. The average molecular weight is 587 g/mol. The van der Waals surface area contributed by atoms with Gasteiger partial charge in [0.15, 0.2) is 0 Å². The number of nitro groups is 1. The molecule has 0 unspecified atom stereocenters. The van der Waals surface area contributed by atoms with Crippen LogP contribution in [0.25, 0.3) is 0 Å². The molecule has 1 N–H and O–H groups in total. The van der Waals surface area contributed by atoms with Crippen molar-refractivity contribution in [1.82, 2.24) is 10.2 Å². The van der Waals surface area contributed by atoms with Crippen LogP contribution in [0.1, 0.15) is 32.8 Å². The van der Waals surface area contributed by atoms with E-state index >= 15 is 0 Å². The third-order valence-corrected chi connectivity index (χ3v) is 8.43. The van der Waals surface area contributed by atoms with E-state index < -0.39 is 33.4 Å². The van der Waals surface area contributed by atoms with Crippen LogP contribution in [0.3, 0.4) is 0 Å². The van der Waals surface area contributed by atoms with Crippen LogP contribution < -0.4 is 9.62 Å². The SMILES string of the molecule is CC[C@H](C)NC(=O)[C@H](C)N(Cc1ccc(Cl)cc1)C(=O)CN(c1ccc([N+](=O)[O-])cc1)S(=O)(=O)c1ccccc1. The lowest BCUT2D eigenvalue weighted by Crippen LogP contribution is -2.52. The molecule has 3 aromatic carbocycles. The first kappa shape index (κ1) is 30.6. The largest absolute Gasteiger partial charge is 0.352 e. The molecule has 0 heterocycles. The lowest BCUT2D eigenvalue weighted by Gasteiger charge is -2.32. The Balaban J connectivity index is 2.02. The van der Waals surface area contributed by atoms with E-state index in [0.29, 0.717) is 17.0 Å². The van der Waals surface area contributed by atoms with E-state index in [4.69, 9.17) is 11.6 Å². The van der Waals surface area contributed by atoms with Crippen molar-refractivity contribution in [2.24, 2.45) is 0 Å². The number of halogens is 1. The molecule has 212 valence electrons. The van der Waals surface area contributed by atoms with Gasteiger partial charge in [-0.05, 0) is 62.2 Å². The third kappa shape index (κ3) is 7.57. The maximum absolute atomic E-state index is 13.9. The van der Waals surface area contributed by atoms with E-state index in [9.17, 15) is 28.1 Å². The highest BCUT2D eigenvalue weighted by molar-refractivity contribution is 7.92. The number of benzene rings is 3. The number of sulfonamides is 1. The van der Waals surface area contributed by atoms with Crippen LogP contribution in [0.15, 0.2) is 83.8 Å². The fourth-order valence-corrected chi connectivity index (χ4v) is 5.38. The summed E-state index contributed by atoms with van der Waals surface area (Å²) in [5.41, 5.74) is 0.520. The fourth-order valence-electron chi connectivity index (χ4n) is 3.82. The lowest BCUT2D eigenvalue weighted by atomic mass is 10.1. The van der Waals surface area contributed by atoms with Gasteiger partial charge in [0.25, 0.3) is 15.7 Å². The Hall–Kier alpha value is -3.96. The van der Waals surface area contributed by atoms with E-state index in [-0.39, 0.29) is 34.8 Å². The van der Waals surface area contributed by atoms with Crippen LogP contribution in [0.4, 0.5) is 11.4 Å². The van der Waals surface area contributed by atoms with E-state index in [2.05, 4.69) is 5.32 Å². The van der Waals surface area contributed by atoms with Crippen molar-refractivity contribution in [3.8, 4) is 0 Å². The Labute approximate surface area is 238 Å². The summed E-state index contributed by atoms with van der Waals surface area (Å²) in [4.78, 5) is 38.7. The van der Waals surface area contributed by atoms with E-state index in [1.54, 1.807) is 49.4 Å². The molecular weight excluding hydrogens is 556 g/mol. The number of nitrogens with one attached hydrogen (secondary N) is 1. The van der Waals surface area contributed by atoms with Crippen LogP contribution >= 0.6 is 11.6 Å². The van der Waals surface area contributed by atoms with Crippen LogP contribution in [0.5, 0.6) is 0 Å². The Kier molecular flexibility index (Phi) is 10.2.